The van der Waals surface area contributed by atoms with Crippen molar-refractivity contribution < 1.29 is 4.79 Å². The molecule has 0 saturated carbocycles. The SMILES string of the molecule is O=C(Nc1ccc(CNCC2CNC2)cc1Cl)c1ccc(Cl)cc1Cl. The molecule has 0 radical (unpaired) electrons. The molecule has 7 heteroatoms. The van der Waals surface area contributed by atoms with Crippen molar-refractivity contribution in [2.45, 2.75) is 6.54 Å². The third kappa shape index (κ3) is 4.87. The Balaban J connectivity index is 1.61. The van der Waals surface area contributed by atoms with Crippen LogP contribution in [-0.4, -0.2) is 25.5 Å². The van der Waals surface area contributed by atoms with Gasteiger partial charge in [-0.15, -0.1) is 0 Å². The molecule has 0 spiro atoms. The second kappa shape index (κ2) is 8.39. The van der Waals surface area contributed by atoms with Gasteiger partial charge in [0.1, 0.15) is 0 Å². The van der Waals surface area contributed by atoms with Crippen LogP contribution in [-0.2, 0) is 6.54 Å². The van der Waals surface area contributed by atoms with Crippen molar-refractivity contribution in [2.24, 2.45) is 5.92 Å². The summed E-state index contributed by atoms with van der Waals surface area (Å²) in [4.78, 5) is 12.4. The first-order chi connectivity index (χ1) is 12.0. The zero-order valence-electron chi connectivity index (χ0n) is 13.4. The Labute approximate surface area is 161 Å². The van der Waals surface area contributed by atoms with Gasteiger partial charge in [0, 0.05) is 31.2 Å². The predicted molar refractivity (Wildman–Crippen MR) is 104 cm³/mol. The Hall–Kier alpha value is -1.30. The van der Waals surface area contributed by atoms with E-state index in [0.29, 0.717) is 32.2 Å². The summed E-state index contributed by atoms with van der Waals surface area (Å²) < 4.78 is 0. The highest BCUT2D eigenvalue weighted by atomic mass is 35.5. The van der Waals surface area contributed by atoms with Crippen LogP contribution in [0.1, 0.15) is 15.9 Å². The first-order valence-corrected chi connectivity index (χ1v) is 9.12. The number of hydrogen-bond donors (Lipinski definition) is 3. The Morgan fingerprint density at radius 3 is 2.52 bits per heavy atom. The molecule has 132 valence electrons. The molecular formula is C18H18Cl3N3O. The summed E-state index contributed by atoms with van der Waals surface area (Å²) in [5.41, 5.74) is 1.96. The third-order valence-corrected chi connectivity index (χ3v) is 4.95. The van der Waals surface area contributed by atoms with Gasteiger partial charge < -0.3 is 16.0 Å². The lowest BCUT2D eigenvalue weighted by Gasteiger charge is -2.27. The average Bonchev–Trinajstić information content (AvgIpc) is 2.52. The summed E-state index contributed by atoms with van der Waals surface area (Å²) in [5, 5.41) is 10.7. The number of halogens is 3. The summed E-state index contributed by atoms with van der Waals surface area (Å²) in [6.45, 7) is 3.88. The van der Waals surface area contributed by atoms with E-state index in [-0.39, 0.29) is 5.91 Å². The fraction of sp³-hybridized carbons (Fsp3) is 0.278. The van der Waals surface area contributed by atoms with Gasteiger partial charge in [-0.25, -0.2) is 0 Å². The predicted octanol–water partition coefficient (Wildman–Crippen LogP) is 4.21. The minimum absolute atomic E-state index is 0.299. The summed E-state index contributed by atoms with van der Waals surface area (Å²) in [6, 6.07) is 10.3. The van der Waals surface area contributed by atoms with Gasteiger partial charge in [0.2, 0.25) is 0 Å². The number of benzene rings is 2. The fourth-order valence-corrected chi connectivity index (χ4v) is 3.29. The van der Waals surface area contributed by atoms with Crippen molar-refractivity contribution in [2.75, 3.05) is 25.0 Å². The number of nitrogens with one attached hydrogen (secondary N) is 3. The Bertz CT molecular complexity index is 778. The van der Waals surface area contributed by atoms with Gasteiger partial charge in [-0.2, -0.15) is 0 Å². The molecule has 0 bridgehead atoms. The van der Waals surface area contributed by atoms with Crippen LogP contribution in [0.3, 0.4) is 0 Å². The molecule has 1 saturated heterocycles. The van der Waals surface area contributed by atoms with Crippen molar-refractivity contribution in [1.82, 2.24) is 10.6 Å². The average molecular weight is 399 g/mol. The lowest BCUT2D eigenvalue weighted by molar-refractivity contribution is 0.102. The normalized spacial score (nSPS) is 14.2. The molecule has 0 atom stereocenters. The van der Waals surface area contributed by atoms with Gasteiger partial charge in [-0.3, -0.25) is 4.79 Å². The first kappa shape index (κ1) is 18.5. The second-order valence-electron chi connectivity index (χ2n) is 6.05. The van der Waals surface area contributed by atoms with Gasteiger partial charge in [-0.05, 0) is 41.8 Å². The largest absolute Gasteiger partial charge is 0.321 e. The smallest absolute Gasteiger partial charge is 0.257 e. The van der Waals surface area contributed by atoms with E-state index in [4.69, 9.17) is 34.8 Å². The molecule has 0 unspecified atom stereocenters. The molecule has 2 aromatic carbocycles. The van der Waals surface area contributed by atoms with Gasteiger partial charge in [-0.1, -0.05) is 40.9 Å². The van der Waals surface area contributed by atoms with Crippen LogP contribution < -0.4 is 16.0 Å². The number of anilines is 1. The van der Waals surface area contributed by atoms with Crippen LogP contribution in [0.25, 0.3) is 0 Å². The van der Waals surface area contributed by atoms with Crippen LogP contribution in [0.4, 0.5) is 5.69 Å². The minimum atomic E-state index is -0.327. The maximum atomic E-state index is 12.4. The highest BCUT2D eigenvalue weighted by molar-refractivity contribution is 6.37. The van der Waals surface area contributed by atoms with Crippen molar-refractivity contribution in [1.29, 1.82) is 0 Å². The molecule has 2 aromatic rings. The zero-order valence-corrected chi connectivity index (χ0v) is 15.7. The maximum Gasteiger partial charge on any atom is 0.257 e. The molecule has 1 aliphatic heterocycles. The van der Waals surface area contributed by atoms with E-state index in [2.05, 4.69) is 16.0 Å². The molecule has 0 aliphatic carbocycles. The molecule has 3 N–H and O–H groups in total. The standard InChI is InChI=1S/C18H18Cl3N3O/c19-13-2-3-14(15(20)6-13)18(25)24-17-4-1-11(5-16(17)21)7-22-8-12-9-23-10-12/h1-6,12,22-23H,7-10H2,(H,24,25). The van der Waals surface area contributed by atoms with Gasteiger partial charge in [0.25, 0.3) is 5.91 Å². The van der Waals surface area contributed by atoms with Crippen LogP contribution in [0, 0.1) is 5.92 Å². The van der Waals surface area contributed by atoms with E-state index < -0.39 is 0 Å². The molecule has 1 aliphatic rings. The lowest BCUT2D eigenvalue weighted by atomic mass is 10.0. The van der Waals surface area contributed by atoms with Crippen LogP contribution in [0.5, 0.6) is 0 Å². The van der Waals surface area contributed by atoms with E-state index in [1.165, 1.54) is 6.07 Å². The molecule has 1 fully saturated rings. The molecule has 1 amide bonds. The summed E-state index contributed by atoms with van der Waals surface area (Å²) in [5.74, 6) is 0.380. The second-order valence-corrected chi connectivity index (χ2v) is 7.30. The molecule has 0 aromatic heterocycles. The Morgan fingerprint density at radius 1 is 1.08 bits per heavy atom. The van der Waals surface area contributed by atoms with Crippen molar-refractivity contribution in [3.05, 3.63) is 62.6 Å². The van der Waals surface area contributed by atoms with Gasteiger partial charge >= 0.3 is 0 Å². The third-order valence-electron chi connectivity index (χ3n) is 4.09. The number of amides is 1. The Morgan fingerprint density at radius 2 is 1.88 bits per heavy atom. The summed E-state index contributed by atoms with van der Waals surface area (Å²) >= 11 is 18.2. The van der Waals surface area contributed by atoms with Crippen LogP contribution >= 0.6 is 34.8 Å². The monoisotopic (exact) mass is 397 g/mol. The molecule has 25 heavy (non-hydrogen) atoms. The Kier molecular flexibility index (Phi) is 6.20. The number of carbonyl (C=O) groups excluding carboxylic acids is 1. The molecule has 4 nitrogen and oxygen atoms in total. The molecule has 3 rings (SSSR count). The van der Waals surface area contributed by atoms with E-state index >= 15 is 0 Å². The number of carbonyl (C=O) groups is 1. The highest BCUT2D eigenvalue weighted by Crippen LogP contribution is 2.26. The van der Waals surface area contributed by atoms with E-state index in [9.17, 15) is 4.79 Å². The van der Waals surface area contributed by atoms with Crippen LogP contribution in [0.15, 0.2) is 36.4 Å². The van der Waals surface area contributed by atoms with Gasteiger partial charge in [0.05, 0.1) is 21.3 Å². The lowest BCUT2D eigenvalue weighted by Crippen LogP contribution is -2.47. The van der Waals surface area contributed by atoms with E-state index in [0.717, 1.165) is 31.7 Å². The van der Waals surface area contributed by atoms with Crippen LogP contribution in [0.2, 0.25) is 15.1 Å². The van der Waals surface area contributed by atoms with E-state index in [1.807, 2.05) is 12.1 Å². The first-order valence-electron chi connectivity index (χ1n) is 7.99. The van der Waals surface area contributed by atoms with Crippen molar-refractivity contribution >= 4 is 46.4 Å². The number of hydrogen-bond acceptors (Lipinski definition) is 3. The molecule has 1 heterocycles. The molecular weight excluding hydrogens is 381 g/mol. The van der Waals surface area contributed by atoms with Gasteiger partial charge in [0.15, 0.2) is 0 Å². The minimum Gasteiger partial charge on any atom is -0.321 e. The summed E-state index contributed by atoms with van der Waals surface area (Å²) in [6.07, 6.45) is 0. The zero-order chi connectivity index (χ0) is 17.8. The maximum absolute atomic E-state index is 12.4. The quantitative estimate of drug-likeness (QED) is 0.683. The van der Waals surface area contributed by atoms with Crippen molar-refractivity contribution in [3.63, 3.8) is 0 Å². The fourth-order valence-electron chi connectivity index (χ4n) is 2.55. The highest BCUT2D eigenvalue weighted by Gasteiger charge is 2.16. The topological polar surface area (TPSA) is 53.2 Å². The van der Waals surface area contributed by atoms with E-state index in [1.54, 1.807) is 18.2 Å². The number of rotatable bonds is 6. The van der Waals surface area contributed by atoms with Crippen molar-refractivity contribution in [3.8, 4) is 0 Å². The summed E-state index contributed by atoms with van der Waals surface area (Å²) in [7, 11) is 0.